The zero-order valence-electron chi connectivity index (χ0n) is 16.3. The summed E-state index contributed by atoms with van der Waals surface area (Å²) < 4.78 is 41.8. The van der Waals surface area contributed by atoms with E-state index in [2.05, 4.69) is 19.2 Å². The summed E-state index contributed by atoms with van der Waals surface area (Å²) in [5.41, 5.74) is 0.649. The summed E-state index contributed by atoms with van der Waals surface area (Å²) in [4.78, 5) is 11.5. The fraction of sp³-hybridized carbons (Fsp3) is 0.632. The zero-order valence-corrected chi connectivity index (χ0v) is 17.1. The Labute approximate surface area is 165 Å². The number of carbonyl (C=O) groups excluding carboxylic acids is 1. The zero-order chi connectivity index (χ0) is 20.5. The van der Waals surface area contributed by atoms with Crippen molar-refractivity contribution in [3.8, 4) is 5.75 Å². The maximum absolute atomic E-state index is 15.2. The first-order valence-corrected chi connectivity index (χ1v) is 11.3. The number of fused-ring (bicyclic) bond motifs is 1. The minimum absolute atomic E-state index is 0.101. The summed E-state index contributed by atoms with van der Waals surface area (Å²) in [6.45, 7) is 4.68. The van der Waals surface area contributed by atoms with Gasteiger partial charge in [0.25, 0.3) is 5.91 Å². The molecular weight excluding hydrogens is 385 g/mol. The number of rotatable bonds is 7. The highest BCUT2D eigenvalue weighted by molar-refractivity contribution is 7.92. The lowest BCUT2D eigenvalue weighted by Crippen LogP contribution is -2.37. The van der Waals surface area contributed by atoms with E-state index in [0.717, 1.165) is 32.2 Å². The van der Waals surface area contributed by atoms with Gasteiger partial charge in [-0.1, -0.05) is 26.7 Å². The van der Waals surface area contributed by atoms with Crippen molar-refractivity contribution in [2.45, 2.75) is 58.4 Å². The lowest BCUT2D eigenvalue weighted by Gasteiger charge is -2.29. The van der Waals surface area contributed by atoms with Crippen LogP contribution in [-0.2, 0) is 27.8 Å². The Morgan fingerprint density at radius 1 is 1.39 bits per heavy atom. The summed E-state index contributed by atoms with van der Waals surface area (Å²) in [7, 11) is -4.19. The van der Waals surface area contributed by atoms with Crippen LogP contribution in [0.4, 0.5) is 10.1 Å². The van der Waals surface area contributed by atoms with Gasteiger partial charge in [0.15, 0.2) is 5.82 Å². The molecule has 1 aromatic carbocycles. The quantitative estimate of drug-likeness (QED) is 0.635. The van der Waals surface area contributed by atoms with Crippen LogP contribution >= 0.6 is 0 Å². The molecule has 3 N–H and O–H groups in total. The normalized spacial score (nSPS) is 21.1. The van der Waals surface area contributed by atoms with Gasteiger partial charge in [0.1, 0.15) is 18.0 Å². The average Bonchev–Trinajstić information content (AvgIpc) is 2.91. The molecule has 0 aromatic heterocycles. The second-order valence-corrected chi connectivity index (χ2v) is 9.19. The number of carbonyl (C=O) groups is 1. The minimum Gasteiger partial charge on any atom is -0.506 e. The number of anilines is 1. The fourth-order valence-corrected chi connectivity index (χ4v) is 5.25. The van der Waals surface area contributed by atoms with Gasteiger partial charge >= 0.3 is 10.2 Å². The summed E-state index contributed by atoms with van der Waals surface area (Å²) in [5, 5.41) is 13.7. The smallest absolute Gasteiger partial charge is 0.326 e. The third kappa shape index (κ3) is 4.10. The Balaban J connectivity index is 1.79. The Kier molecular flexibility index (Phi) is 6.14. The average molecular weight is 414 g/mol. The molecule has 3 rings (SSSR count). The molecule has 0 bridgehead atoms. The lowest BCUT2D eigenvalue weighted by atomic mass is 9.87. The van der Waals surface area contributed by atoms with Gasteiger partial charge in [-0.15, -0.1) is 0 Å². The van der Waals surface area contributed by atoms with Crippen LogP contribution < -0.4 is 14.3 Å². The fourth-order valence-electron chi connectivity index (χ4n) is 4.08. The largest absolute Gasteiger partial charge is 0.506 e. The second kappa shape index (κ2) is 8.24. The lowest BCUT2D eigenvalue weighted by molar-refractivity contribution is -0.117. The van der Waals surface area contributed by atoms with Gasteiger partial charge in [0.2, 0.25) is 0 Å². The number of benzene rings is 1. The molecule has 1 atom stereocenters. The summed E-state index contributed by atoms with van der Waals surface area (Å²) >= 11 is 0. The predicted molar refractivity (Wildman–Crippen MR) is 105 cm³/mol. The van der Waals surface area contributed by atoms with Crippen LogP contribution in [-0.4, -0.2) is 38.6 Å². The molecule has 0 unspecified atom stereocenters. The van der Waals surface area contributed by atoms with E-state index in [1.54, 1.807) is 4.72 Å². The van der Waals surface area contributed by atoms with E-state index < -0.39 is 39.9 Å². The van der Waals surface area contributed by atoms with Crippen LogP contribution in [0, 0.1) is 11.7 Å². The van der Waals surface area contributed by atoms with E-state index in [4.69, 9.17) is 0 Å². The van der Waals surface area contributed by atoms with Crippen molar-refractivity contribution in [2.24, 2.45) is 5.92 Å². The number of halogens is 1. The van der Waals surface area contributed by atoms with E-state index in [9.17, 15) is 18.3 Å². The van der Waals surface area contributed by atoms with Gasteiger partial charge in [-0.2, -0.15) is 8.42 Å². The highest BCUT2D eigenvalue weighted by Crippen LogP contribution is 2.39. The number of aryl methyl sites for hydroxylation is 1. The van der Waals surface area contributed by atoms with Crippen LogP contribution in [0.15, 0.2) is 6.07 Å². The molecule has 1 aliphatic heterocycles. The van der Waals surface area contributed by atoms with E-state index in [-0.39, 0.29) is 6.04 Å². The topological polar surface area (TPSA) is 98.7 Å². The molecule has 2 aliphatic rings. The van der Waals surface area contributed by atoms with Crippen molar-refractivity contribution < 1.29 is 22.7 Å². The second-order valence-electron chi connectivity index (χ2n) is 7.60. The molecule has 28 heavy (non-hydrogen) atoms. The maximum Gasteiger partial charge on any atom is 0.326 e. The molecule has 7 nitrogen and oxygen atoms in total. The monoisotopic (exact) mass is 413 g/mol. The summed E-state index contributed by atoms with van der Waals surface area (Å²) in [5.74, 6) is -1.30. The number of nitrogens with zero attached hydrogens (tertiary/aromatic N) is 1. The van der Waals surface area contributed by atoms with Crippen molar-refractivity contribution in [3.05, 3.63) is 23.0 Å². The van der Waals surface area contributed by atoms with Crippen molar-refractivity contribution in [1.82, 2.24) is 10.0 Å². The van der Waals surface area contributed by atoms with Crippen molar-refractivity contribution >= 4 is 21.8 Å². The van der Waals surface area contributed by atoms with Gasteiger partial charge in [0, 0.05) is 6.04 Å². The molecule has 1 fully saturated rings. The number of hydrogen-bond donors (Lipinski definition) is 3. The number of amides is 1. The maximum atomic E-state index is 15.2. The first-order valence-electron chi connectivity index (χ1n) is 9.86. The van der Waals surface area contributed by atoms with Gasteiger partial charge in [-0.05, 0) is 55.3 Å². The predicted octanol–water partition coefficient (Wildman–Crippen LogP) is 1.99. The Hall–Kier alpha value is -1.87. The molecule has 0 radical (unpaired) electrons. The number of hydrogen-bond acceptors (Lipinski definition) is 5. The molecule has 1 aliphatic carbocycles. The molecule has 0 spiro atoms. The Morgan fingerprint density at radius 2 is 2.11 bits per heavy atom. The van der Waals surface area contributed by atoms with Gasteiger partial charge in [-0.3, -0.25) is 4.79 Å². The standard InChI is InChI=1S/C19H28FN3O4S/c1-3-12(4-2)7-8-21-14-6-5-13-9-16(24)19(18(20)15(13)10-14)23-11-17(25)22-28(23,26)27/h9,12,14,21,24H,3-8,10-11H2,1-2H3,(H,22,25)/t14-/m1/s1. The third-order valence-electron chi connectivity index (χ3n) is 5.84. The van der Waals surface area contributed by atoms with E-state index in [1.165, 1.54) is 6.07 Å². The Bertz CT molecular complexity index is 855. The molecule has 1 amide bonds. The minimum atomic E-state index is -4.19. The van der Waals surface area contributed by atoms with Crippen LogP contribution in [0.25, 0.3) is 0 Å². The highest BCUT2D eigenvalue weighted by atomic mass is 32.2. The van der Waals surface area contributed by atoms with E-state index >= 15 is 4.39 Å². The van der Waals surface area contributed by atoms with Crippen LogP contribution in [0.5, 0.6) is 5.75 Å². The first kappa shape index (κ1) is 20.9. The molecule has 1 heterocycles. The number of nitrogens with one attached hydrogen (secondary N) is 2. The summed E-state index contributed by atoms with van der Waals surface area (Å²) in [6.07, 6.45) is 5.20. The van der Waals surface area contributed by atoms with E-state index in [1.807, 2.05) is 0 Å². The number of phenols is 1. The van der Waals surface area contributed by atoms with Crippen molar-refractivity contribution in [2.75, 3.05) is 17.4 Å². The summed E-state index contributed by atoms with van der Waals surface area (Å²) in [6, 6.07) is 1.52. The van der Waals surface area contributed by atoms with Crippen LogP contribution in [0.3, 0.4) is 0 Å². The van der Waals surface area contributed by atoms with Crippen LogP contribution in [0.1, 0.15) is 50.7 Å². The molecule has 1 aromatic rings. The molecule has 156 valence electrons. The van der Waals surface area contributed by atoms with Crippen LogP contribution in [0.2, 0.25) is 0 Å². The molecule has 9 heteroatoms. The van der Waals surface area contributed by atoms with Crippen molar-refractivity contribution in [3.63, 3.8) is 0 Å². The van der Waals surface area contributed by atoms with Gasteiger partial charge in [-0.25, -0.2) is 13.4 Å². The molecule has 1 saturated heterocycles. The Morgan fingerprint density at radius 3 is 2.71 bits per heavy atom. The third-order valence-corrected chi connectivity index (χ3v) is 7.21. The number of phenolic OH excluding ortho intramolecular Hbond substituents is 1. The van der Waals surface area contributed by atoms with Gasteiger partial charge in [0.05, 0.1) is 0 Å². The first-order chi connectivity index (χ1) is 13.3. The molecular formula is C19H28FN3O4S. The molecule has 0 saturated carbocycles. The SMILES string of the molecule is CCC(CC)CCN[C@@H]1CCc2cc(O)c(N3CC(=O)NS3(=O)=O)c(F)c2C1. The number of aromatic hydroxyl groups is 1. The highest BCUT2D eigenvalue weighted by Gasteiger charge is 2.39. The van der Waals surface area contributed by atoms with E-state index in [0.29, 0.717) is 34.2 Å². The van der Waals surface area contributed by atoms with Gasteiger partial charge < -0.3 is 10.4 Å². The van der Waals surface area contributed by atoms with Crippen molar-refractivity contribution in [1.29, 1.82) is 0 Å².